The summed E-state index contributed by atoms with van der Waals surface area (Å²) in [5.41, 5.74) is 0.521. The fourth-order valence-electron chi connectivity index (χ4n) is 2.93. The van der Waals surface area contributed by atoms with Crippen LogP contribution in [0, 0.1) is 10.1 Å². The van der Waals surface area contributed by atoms with Crippen molar-refractivity contribution in [2.24, 2.45) is 4.99 Å². The molecule has 0 radical (unpaired) electrons. The Morgan fingerprint density at radius 2 is 1.45 bits per heavy atom. The van der Waals surface area contributed by atoms with E-state index in [0.29, 0.717) is 5.52 Å². The normalized spacial score (nSPS) is 11.7. The second-order valence-corrected chi connectivity index (χ2v) is 9.19. The molecule has 1 heterocycles. The number of rotatable bonds is 3. The second kappa shape index (κ2) is 9.24. The van der Waals surface area contributed by atoms with Crippen LogP contribution in [0.3, 0.4) is 0 Å². The molecule has 0 saturated carbocycles. The minimum Gasteiger partial charge on any atom is -0.267 e. The van der Waals surface area contributed by atoms with Crippen molar-refractivity contribution in [3.63, 3.8) is 0 Å². The summed E-state index contributed by atoms with van der Waals surface area (Å²) in [5.74, 6) is -1.13. The molecule has 3 aromatic carbocycles. The van der Waals surface area contributed by atoms with Crippen molar-refractivity contribution in [3.8, 4) is 0 Å². The first-order valence-electron chi connectivity index (χ1n) is 9.00. The van der Waals surface area contributed by atoms with Gasteiger partial charge in [0, 0.05) is 28.6 Å². The number of fused-ring (bicyclic) bond motifs is 1. The van der Waals surface area contributed by atoms with E-state index in [1.807, 2.05) is 0 Å². The van der Waals surface area contributed by atoms with Crippen molar-refractivity contribution in [3.05, 3.63) is 101 Å². The highest BCUT2D eigenvalue weighted by atomic mass is 35.5. The zero-order valence-corrected chi connectivity index (χ0v) is 19.9. The van der Waals surface area contributed by atoms with Crippen LogP contribution in [0.5, 0.6) is 0 Å². The molecule has 0 aliphatic carbocycles. The summed E-state index contributed by atoms with van der Waals surface area (Å²) in [6.45, 7) is 0. The SMILES string of the molecule is O=C(N=c1sn(C(=O)c2ccc(Cl)c(Cl)c2)c2ccc([N+](=O)[O-])cc12)c1ccc(Cl)c(Cl)c1. The fourth-order valence-corrected chi connectivity index (χ4v) is 4.54. The molecule has 0 unspecified atom stereocenters. The number of amides is 1. The molecule has 7 nitrogen and oxygen atoms in total. The van der Waals surface area contributed by atoms with Gasteiger partial charge in [0.1, 0.15) is 4.67 Å². The van der Waals surface area contributed by atoms with E-state index in [4.69, 9.17) is 46.4 Å². The van der Waals surface area contributed by atoms with Crippen LogP contribution >= 0.6 is 57.9 Å². The van der Waals surface area contributed by atoms with Gasteiger partial charge < -0.3 is 0 Å². The van der Waals surface area contributed by atoms with Gasteiger partial charge in [-0.2, -0.15) is 4.99 Å². The summed E-state index contributed by atoms with van der Waals surface area (Å²) in [5, 5.41) is 12.5. The van der Waals surface area contributed by atoms with Crippen molar-refractivity contribution in [1.82, 2.24) is 3.96 Å². The van der Waals surface area contributed by atoms with Gasteiger partial charge in [0.2, 0.25) is 0 Å². The number of carbonyl (C=O) groups excluding carboxylic acids is 2. The highest BCUT2D eigenvalue weighted by molar-refractivity contribution is 7.06. The lowest BCUT2D eigenvalue weighted by Gasteiger charge is -2.04. The highest BCUT2D eigenvalue weighted by Crippen LogP contribution is 2.26. The van der Waals surface area contributed by atoms with Crippen LogP contribution in [-0.2, 0) is 0 Å². The Morgan fingerprint density at radius 3 is 2.06 bits per heavy atom. The monoisotopic (exact) mass is 539 g/mol. The van der Waals surface area contributed by atoms with Gasteiger partial charge in [0.15, 0.2) is 0 Å². The number of nitrogens with zero attached hydrogens (tertiary/aromatic N) is 3. The molecule has 0 bridgehead atoms. The molecule has 12 heteroatoms. The Morgan fingerprint density at radius 1 is 0.848 bits per heavy atom. The standard InChI is InChI=1S/C21H9Cl4N3O4S/c22-14-4-1-10(7-16(14)24)19(29)26-20-13-9-12(28(31)32)3-6-18(13)27(33-20)21(30)11-2-5-15(23)17(25)8-11/h1-9H. The van der Waals surface area contributed by atoms with Gasteiger partial charge in [-0.25, -0.2) is 3.96 Å². The molecule has 0 atom stereocenters. The molecule has 4 rings (SSSR count). The van der Waals surface area contributed by atoms with Crippen LogP contribution in [0.25, 0.3) is 10.9 Å². The van der Waals surface area contributed by atoms with Crippen LogP contribution in [0.4, 0.5) is 5.69 Å². The molecule has 0 N–H and O–H groups in total. The first-order chi connectivity index (χ1) is 15.7. The van der Waals surface area contributed by atoms with Crippen LogP contribution in [0.1, 0.15) is 20.7 Å². The topological polar surface area (TPSA) is 94.6 Å². The van der Waals surface area contributed by atoms with E-state index in [9.17, 15) is 19.7 Å². The smallest absolute Gasteiger partial charge is 0.267 e. The predicted molar refractivity (Wildman–Crippen MR) is 129 cm³/mol. The van der Waals surface area contributed by atoms with E-state index < -0.39 is 16.7 Å². The summed E-state index contributed by atoms with van der Waals surface area (Å²) < 4.78 is 1.39. The summed E-state index contributed by atoms with van der Waals surface area (Å²) >= 11 is 24.7. The average molecular weight is 541 g/mol. The summed E-state index contributed by atoms with van der Waals surface area (Å²) in [4.78, 5) is 40.7. The third-order valence-corrected chi connectivity index (χ3v) is 7.05. The predicted octanol–water partition coefficient (Wildman–Crippen LogP) is 6.65. The minimum absolute atomic E-state index is 0.109. The van der Waals surface area contributed by atoms with E-state index >= 15 is 0 Å². The maximum Gasteiger partial charge on any atom is 0.278 e. The second-order valence-electron chi connectivity index (χ2n) is 6.63. The number of carbonyl (C=O) groups is 2. The van der Waals surface area contributed by atoms with Crippen LogP contribution in [0.15, 0.2) is 59.6 Å². The Labute approximate surface area is 209 Å². The number of aromatic nitrogens is 1. The van der Waals surface area contributed by atoms with Crippen LogP contribution < -0.4 is 4.67 Å². The highest BCUT2D eigenvalue weighted by Gasteiger charge is 2.19. The molecule has 4 aromatic rings. The Bertz CT molecular complexity index is 1540. The van der Waals surface area contributed by atoms with Crippen LogP contribution in [-0.4, -0.2) is 20.7 Å². The Hall–Kier alpha value is -2.75. The number of nitro groups is 1. The van der Waals surface area contributed by atoms with Gasteiger partial charge in [-0.15, -0.1) is 0 Å². The molecular weight excluding hydrogens is 532 g/mol. The number of halogens is 4. The van der Waals surface area contributed by atoms with E-state index in [0.717, 1.165) is 11.5 Å². The Kier molecular flexibility index (Phi) is 6.56. The lowest BCUT2D eigenvalue weighted by molar-refractivity contribution is -0.384. The van der Waals surface area contributed by atoms with Gasteiger partial charge in [0.05, 0.1) is 30.5 Å². The summed E-state index contributed by atoms with van der Waals surface area (Å²) in [6, 6.07) is 12.6. The van der Waals surface area contributed by atoms with Crippen LogP contribution in [0.2, 0.25) is 20.1 Å². The van der Waals surface area contributed by atoms with Gasteiger partial charge in [-0.05, 0) is 54.0 Å². The first-order valence-corrected chi connectivity index (χ1v) is 11.3. The summed E-state index contributed by atoms with van der Waals surface area (Å²) in [6.07, 6.45) is 0. The van der Waals surface area contributed by atoms with E-state index in [2.05, 4.69) is 4.99 Å². The molecule has 166 valence electrons. The van der Waals surface area contributed by atoms with Crippen molar-refractivity contribution >= 4 is 86.3 Å². The maximum atomic E-state index is 13.2. The van der Waals surface area contributed by atoms with E-state index in [-0.39, 0.29) is 47.0 Å². The van der Waals surface area contributed by atoms with Crippen molar-refractivity contribution in [2.75, 3.05) is 0 Å². The lowest BCUT2D eigenvalue weighted by atomic mass is 10.2. The molecule has 0 aliphatic heterocycles. The molecule has 33 heavy (non-hydrogen) atoms. The minimum atomic E-state index is -0.655. The summed E-state index contributed by atoms with van der Waals surface area (Å²) in [7, 11) is 0. The number of hydrogen-bond acceptors (Lipinski definition) is 5. The van der Waals surface area contributed by atoms with Crippen molar-refractivity contribution in [2.45, 2.75) is 0 Å². The fraction of sp³-hybridized carbons (Fsp3) is 0. The van der Waals surface area contributed by atoms with Crippen molar-refractivity contribution in [1.29, 1.82) is 0 Å². The zero-order chi connectivity index (χ0) is 23.9. The van der Waals surface area contributed by atoms with Gasteiger partial charge in [-0.1, -0.05) is 46.4 Å². The third kappa shape index (κ3) is 4.66. The molecule has 0 fully saturated rings. The number of nitro benzene ring substituents is 1. The van der Waals surface area contributed by atoms with E-state index in [1.165, 1.54) is 58.6 Å². The maximum absolute atomic E-state index is 13.2. The van der Waals surface area contributed by atoms with Gasteiger partial charge in [-0.3, -0.25) is 19.7 Å². The average Bonchev–Trinajstić information content (AvgIpc) is 3.14. The number of non-ortho nitro benzene ring substituents is 1. The van der Waals surface area contributed by atoms with Crippen molar-refractivity contribution < 1.29 is 14.5 Å². The molecule has 0 spiro atoms. The third-order valence-electron chi connectivity index (χ3n) is 4.54. The van der Waals surface area contributed by atoms with Gasteiger partial charge in [0.25, 0.3) is 17.5 Å². The molecular formula is C21H9Cl4N3O4S. The quantitative estimate of drug-likeness (QED) is 0.214. The largest absolute Gasteiger partial charge is 0.278 e. The molecule has 1 aromatic heterocycles. The first kappa shape index (κ1) is 23.4. The Balaban J connectivity index is 1.90. The zero-order valence-electron chi connectivity index (χ0n) is 16.1. The molecule has 0 aliphatic rings. The van der Waals surface area contributed by atoms with Gasteiger partial charge >= 0.3 is 0 Å². The molecule has 0 saturated heterocycles. The molecule has 1 amide bonds. The number of hydrogen-bond donors (Lipinski definition) is 0. The number of benzene rings is 3. The lowest BCUT2D eigenvalue weighted by Crippen LogP contribution is -2.09. The van der Waals surface area contributed by atoms with E-state index in [1.54, 1.807) is 0 Å².